The third-order valence-corrected chi connectivity index (χ3v) is 1.71. The quantitative estimate of drug-likeness (QED) is 0.411. The smallest absolute Gasteiger partial charge is 0.0599 e. The van der Waals surface area contributed by atoms with Crippen LogP contribution >= 0.6 is 0 Å². The van der Waals surface area contributed by atoms with Gasteiger partial charge < -0.3 is 5.21 Å². The van der Waals surface area contributed by atoms with Gasteiger partial charge in [-0.1, -0.05) is 11.2 Å². The van der Waals surface area contributed by atoms with Gasteiger partial charge in [-0.05, 0) is 25.5 Å². The van der Waals surface area contributed by atoms with Crippen LogP contribution < -0.4 is 0 Å². The molecule has 0 amide bonds. The van der Waals surface area contributed by atoms with Gasteiger partial charge >= 0.3 is 0 Å². The minimum Gasteiger partial charge on any atom is -0.411 e. The molecule has 1 aromatic heterocycles. The van der Waals surface area contributed by atoms with Crippen LogP contribution in [0.3, 0.4) is 0 Å². The molecule has 0 saturated heterocycles. The van der Waals surface area contributed by atoms with Gasteiger partial charge in [0.05, 0.1) is 5.71 Å². The molecule has 0 radical (unpaired) electrons. The summed E-state index contributed by atoms with van der Waals surface area (Å²) in [6, 6.07) is 3.89. The van der Waals surface area contributed by atoms with E-state index < -0.39 is 0 Å². The van der Waals surface area contributed by atoms with Crippen molar-refractivity contribution in [2.75, 3.05) is 0 Å². The van der Waals surface area contributed by atoms with E-state index in [0.717, 1.165) is 11.3 Å². The standard InChI is InChI=1S/C9H12N2O/c1-7-4-3-5-10-9(7)6-8(2)11-12/h3-5,12H,6H2,1-2H3/b11-8+. The van der Waals surface area contributed by atoms with Gasteiger partial charge in [-0.15, -0.1) is 0 Å². The Bertz CT molecular complexity index is 294. The Morgan fingerprint density at radius 2 is 2.42 bits per heavy atom. The average molecular weight is 164 g/mol. The maximum absolute atomic E-state index is 8.45. The zero-order valence-electron chi connectivity index (χ0n) is 7.28. The number of hydrogen-bond acceptors (Lipinski definition) is 3. The maximum Gasteiger partial charge on any atom is 0.0599 e. The third-order valence-electron chi connectivity index (χ3n) is 1.71. The lowest BCUT2D eigenvalue weighted by atomic mass is 10.1. The number of aromatic nitrogens is 1. The van der Waals surface area contributed by atoms with Gasteiger partial charge in [0.2, 0.25) is 0 Å². The summed E-state index contributed by atoms with van der Waals surface area (Å²) in [7, 11) is 0. The van der Waals surface area contributed by atoms with E-state index in [-0.39, 0.29) is 0 Å². The average Bonchev–Trinajstić information content (AvgIpc) is 2.09. The number of oxime groups is 1. The molecule has 1 rings (SSSR count). The van der Waals surface area contributed by atoms with Crippen molar-refractivity contribution in [2.24, 2.45) is 5.16 Å². The first kappa shape index (κ1) is 8.71. The maximum atomic E-state index is 8.45. The number of nitrogens with zero attached hydrogens (tertiary/aromatic N) is 2. The molecule has 0 aliphatic rings. The number of rotatable bonds is 2. The van der Waals surface area contributed by atoms with Crippen LogP contribution in [-0.2, 0) is 6.42 Å². The van der Waals surface area contributed by atoms with E-state index >= 15 is 0 Å². The van der Waals surface area contributed by atoms with Gasteiger partial charge in [0.15, 0.2) is 0 Å². The highest BCUT2D eigenvalue weighted by molar-refractivity contribution is 5.83. The lowest BCUT2D eigenvalue weighted by molar-refractivity contribution is 0.317. The topological polar surface area (TPSA) is 45.5 Å². The number of pyridine rings is 1. The Labute approximate surface area is 71.8 Å². The fourth-order valence-corrected chi connectivity index (χ4v) is 0.981. The zero-order chi connectivity index (χ0) is 8.97. The largest absolute Gasteiger partial charge is 0.411 e. The van der Waals surface area contributed by atoms with Crippen molar-refractivity contribution in [2.45, 2.75) is 20.3 Å². The summed E-state index contributed by atoms with van der Waals surface area (Å²) in [6.07, 6.45) is 2.36. The lowest BCUT2D eigenvalue weighted by Crippen LogP contribution is -2.01. The summed E-state index contributed by atoms with van der Waals surface area (Å²) < 4.78 is 0. The van der Waals surface area contributed by atoms with E-state index in [1.807, 2.05) is 19.1 Å². The summed E-state index contributed by atoms with van der Waals surface area (Å²) in [6.45, 7) is 3.76. The van der Waals surface area contributed by atoms with Crippen molar-refractivity contribution in [1.29, 1.82) is 0 Å². The Morgan fingerprint density at radius 3 is 3.00 bits per heavy atom. The SMILES string of the molecule is C/C(Cc1ncccc1C)=N\O. The van der Waals surface area contributed by atoms with Crippen molar-refractivity contribution in [3.8, 4) is 0 Å². The molecule has 0 aliphatic carbocycles. The first-order valence-corrected chi connectivity index (χ1v) is 3.82. The Hall–Kier alpha value is -1.38. The van der Waals surface area contributed by atoms with Gasteiger partial charge in [-0.25, -0.2) is 0 Å². The molecule has 0 atom stereocenters. The molecule has 1 heterocycles. The Balaban J connectivity index is 2.82. The summed E-state index contributed by atoms with van der Waals surface area (Å²) in [5, 5.41) is 11.5. The van der Waals surface area contributed by atoms with E-state index in [1.165, 1.54) is 0 Å². The van der Waals surface area contributed by atoms with Crippen molar-refractivity contribution in [3.63, 3.8) is 0 Å². The highest BCUT2D eigenvalue weighted by atomic mass is 16.4. The molecule has 0 bridgehead atoms. The molecule has 0 unspecified atom stereocenters. The van der Waals surface area contributed by atoms with Crippen LogP contribution in [0.5, 0.6) is 0 Å². The monoisotopic (exact) mass is 164 g/mol. The van der Waals surface area contributed by atoms with Gasteiger partial charge in [0.25, 0.3) is 0 Å². The van der Waals surface area contributed by atoms with Crippen LogP contribution in [0, 0.1) is 6.92 Å². The second-order valence-electron chi connectivity index (χ2n) is 2.78. The molecule has 3 heteroatoms. The normalized spacial score (nSPS) is 11.7. The summed E-state index contributed by atoms with van der Waals surface area (Å²) in [4.78, 5) is 4.17. The second kappa shape index (κ2) is 3.85. The molecule has 12 heavy (non-hydrogen) atoms. The molecule has 0 spiro atoms. The Kier molecular flexibility index (Phi) is 2.80. The summed E-state index contributed by atoms with van der Waals surface area (Å²) in [5.74, 6) is 0. The van der Waals surface area contributed by atoms with Crippen molar-refractivity contribution in [1.82, 2.24) is 4.98 Å². The molecule has 0 aliphatic heterocycles. The highest BCUT2D eigenvalue weighted by Crippen LogP contribution is 2.04. The van der Waals surface area contributed by atoms with Gasteiger partial charge in [-0.2, -0.15) is 0 Å². The third kappa shape index (κ3) is 2.05. The lowest BCUT2D eigenvalue weighted by Gasteiger charge is -2.01. The predicted octanol–water partition coefficient (Wildman–Crippen LogP) is 1.78. The fourth-order valence-electron chi connectivity index (χ4n) is 0.981. The molecular formula is C9H12N2O. The minimum atomic E-state index is 0.614. The van der Waals surface area contributed by atoms with Crippen molar-refractivity contribution >= 4 is 5.71 Å². The van der Waals surface area contributed by atoms with Crippen LogP contribution in [0.15, 0.2) is 23.5 Å². The zero-order valence-corrected chi connectivity index (χ0v) is 7.28. The molecule has 1 aromatic rings. The molecule has 1 N–H and O–H groups in total. The first-order chi connectivity index (χ1) is 5.74. The number of aryl methyl sites for hydroxylation is 1. The van der Waals surface area contributed by atoms with E-state index in [1.54, 1.807) is 13.1 Å². The van der Waals surface area contributed by atoms with Crippen LogP contribution in [-0.4, -0.2) is 15.9 Å². The second-order valence-corrected chi connectivity index (χ2v) is 2.78. The molecule has 64 valence electrons. The number of hydrogen-bond donors (Lipinski definition) is 1. The van der Waals surface area contributed by atoms with Gasteiger partial charge in [0, 0.05) is 18.3 Å². The van der Waals surface area contributed by atoms with Gasteiger partial charge in [-0.3, -0.25) is 4.98 Å². The van der Waals surface area contributed by atoms with E-state index in [4.69, 9.17) is 5.21 Å². The van der Waals surface area contributed by atoms with E-state index in [9.17, 15) is 0 Å². The van der Waals surface area contributed by atoms with E-state index in [0.29, 0.717) is 12.1 Å². The molecule has 0 fully saturated rings. The van der Waals surface area contributed by atoms with Crippen LogP contribution in [0.25, 0.3) is 0 Å². The summed E-state index contributed by atoms with van der Waals surface area (Å²) in [5.41, 5.74) is 2.77. The van der Waals surface area contributed by atoms with Crippen LogP contribution in [0.1, 0.15) is 18.2 Å². The highest BCUT2D eigenvalue weighted by Gasteiger charge is 2.00. The van der Waals surface area contributed by atoms with Crippen molar-refractivity contribution < 1.29 is 5.21 Å². The predicted molar refractivity (Wildman–Crippen MR) is 47.6 cm³/mol. The molecular weight excluding hydrogens is 152 g/mol. The van der Waals surface area contributed by atoms with E-state index in [2.05, 4.69) is 10.1 Å². The molecule has 0 saturated carbocycles. The fraction of sp³-hybridized carbons (Fsp3) is 0.333. The van der Waals surface area contributed by atoms with Crippen molar-refractivity contribution in [3.05, 3.63) is 29.6 Å². The van der Waals surface area contributed by atoms with Gasteiger partial charge in [0.1, 0.15) is 0 Å². The first-order valence-electron chi connectivity index (χ1n) is 3.82. The molecule has 0 aromatic carbocycles. The Morgan fingerprint density at radius 1 is 1.67 bits per heavy atom. The minimum absolute atomic E-state index is 0.614. The molecule has 3 nitrogen and oxygen atoms in total. The van der Waals surface area contributed by atoms with Crippen LogP contribution in [0.4, 0.5) is 0 Å². The van der Waals surface area contributed by atoms with Crippen LogP contribution in [0.2, 0.25) is 0 Å². The summed E-state index contributed by atoms with van der Waals surface area (Å²) >= 11 is 0.